The maximum Gasteiger partial charge on any atom is 0.218 e. The van der Waals surface area contributed by atoms with E-state index in [2.05, 4.69) is 4.90 Å². The Bertz CT molecular complexity index is 496. The van der Waals surface area contributed by atoms with E-state index in [9.17, 15) is 8.42 Å². The van der Waals surface area contributed by atoms with Gasteiger partial charge in [-0.3, -0.25) is 0 Å². The van der Waals surface area contributed by atoms with Crippen molar-refractivity contribution in [3.8, 4) is 0 Å². The summed E-state index contributed by atoms with van der Waals surface area (Å²) < 4.78 is 26.3. The molecule has 1 aliphatic rings. The highest BCUT2D eigenvalue weighted by Gasteiger charge is 2.26. The second-order valence-electron chi connectivity index (χ2n) is 5.06. The molecule has 6 heteroatoms. The Morgan fingerprint density at radius 2 is 1.70 bits per heavy atom. The molecule has 0 amide bonds. The molecule has 0 saturated carbocycles. The summed E-state index contributed by atoms with van der Waals surface area (Å²) in [5, 5.41) is 8.81. The quantitative estimate of drug-likeness (QED) is 0.831. The van der Waals surface area contributed by atoms with E-state index in [0.717, 1.165) is 31.6 Å². The predicted octanol–water partition coefficient (Wildman–Crippen LogP) is 0.516. The van der Waals surface area contributed by atoms with E-state index < -0.39 is 10.0 Å². The van der Waals surface area contributed by atoms with Crippen LogP contribution in [-0.4, -0.2) is 62.1 Å². The number of sulfonamides is 1. The Labute approximate surface area is 120 Å². The van der Waals surface area contributed by atoms with E-state index in [4.69, 9.17) is 5.11 Å². The molecule has 1 fully saturated rings. The zero-order chi connectivity index (χ0) is 14.4. The molecule has 1 aliphatic heterocycles. The lowest BCUT2D eigenvalue weighted by Gasteiger charge is -2.33. The van der Waals surface area contributed by atoms with Gasteiger partial charge in [0.15, 0.2) is 0 Å². The number of aliphatic hydroxyl groups is 1. The second-order valence-corrected chi connectivity index (χ2v) is 7.03. The SMILES string of the molecule is O=S(=O)(Cc1ccccc1)N1CCN(CCCO)CC1. The van der Waals surface area contributed by atoms with Crippen molar-refractivity contribution >= 4 is 10.0 Å². The van der Waals surface area contributed by atoms with Gasteiger partial charge in [0.05, 0.1) is 5.75 Å². The van der Waals surface area contributed by atoms with Crippen molar-refractivity contribution in [1.29, 1.82) is 0 Å². The molecule has 5 nitrogen and oxygen atoms in total. The zero-order valence-electron chi connectivity index (χ0n) is 11.6. The number of rotatable bonds is 6. The van der Waals surface area contributed by atoms with Gasteiger partial charge >= 0.3 is 0 Å². The van der Waals surface area contributed by atoms with Crippen molar-refractivity contribution in [2.75, 3.05) is 39.3 Å². The number of hydrogen-bond acceptors (Lipinski definition) is 4. The highest BCUT2D eigenvalue weighted by atomic mass is 32.2. The van der Waals surface area contributed by atoms with E-state index in [1.165, 1.54) is 0 Å². The summed E-state index contributed by atoms with van der Waals surface area (Å²) in [6, 6.07) is 9.29. The van der Waals surface area contributed by atoms with Crippen LogP contribution in [0.5, 0.6) is 0 Å². The number of hydrogen-bond donors (Lipinski definition) is 1. The van der Waals surface area contributed by atoms with E-state index in [0.29, 0.717) is 13.1 Å². The average Bonchev–Trinajstić information content (AvgIpc) is 2.46. The maximum absolute atomic E-state index is 12.3. The third-order valence-electron chi connectivity index (χ3n) is 3.55. The molecular weight excluding hydrogens is 276 g/mol. The fourth-order valence-electron chi connectivity index (χ4n) is 2.40. The monoisotopic (exact) mass is 298 g/mol. The predicted molar refractivity (Wildman–Crippen MR) is 78.8 cm³/mol. The molecule has 1 aromatic carbocycles. The molecule has 0 bridgehead atoms. The maximum atomic E-state index is 12.3. The highest BCUT2D eigenvalue weighted by Crippen LogP contribution is 2.13. The second kappa shape index (κ2) is 7.17. The zero-order valence-corrected chi connectivity index (χ0v) is 12.4. The molecule has 20 heavy (non-hydrogen) atoms. The van der Waals surface area contributed by atoms with E-state index in [-0.39, 0.29) is 12.4 Å². The Kier molecular flexibility index (Phi) is 5.54. The summed E-state index contributed by atoms with van der Waals surface area (Å²) in [4.78, 5) is 2.20. The largest absolute Gasteiger partial charge is 0.396 e. The first kappa shape index (κ1) is 15.4. The lowest BCUT2D eigenvalue weighted by atomic mass is 10.2. The van der Waals surface area contributed by atoms with Crippen LogP contribution in [0.1, 0.15) is 12.0 Å². The van der Waals surface area contributed by atoms with Crippen LogP contribution in [0, 0.1) is 0 Å². The topological polar surface area (TPSA) is 60.9 Å². The van der Waals surface area contributed by atoms with Gasteiger partial charge < -0.3 is 10.0 Å². The van der Waals surface area contributed by atoms with Crippen LogP contribution in [0.2, 0.25) is 0 Å². The average molecular weight is 298 g/mol. The summed E-state index contributed by atoms with van der Waals surface area (Å²) in [6.07, 6.45) is 0.747. The van der Waals surface area contributed by atoms with Crippen LogP contribution in [0.15, 0.2) is 30.3 Å². The molecule has 1 aromatic rings. The summed E-state index contributed by atoms with van der Waals surface area (Å²) in [6.45, 7) is 3.60. The Balaban J connectivity index is 1.89. The molecule has 0 spiro atoms. The van der Waals surface area contributed by atoms with Crippen molar-refractivity contribution in [3.05, 3.63) is 35.9 Å². The van der Waals surface area contributed by atoms with Crippen molar-refractivity contribution in [2.24, 2.45) is 0 Å². The summed E-state index contributed by atoms with van der Waals surface area (Å²) >= 11 is 0. The Morgan fingerprint density at radius 1 is 1.05 bits per heavy atom. The smallest absolute Gasteiger partial charge is 0.218 e. The highest BCUT2D eigenvalue weighted by molar-refractivity contribution is 7.88. The number of piperazine rings is 1. The molecule has 1 saturated heterocycles. The molecule has 0 atom stereocenters. The molecule has 1 N–H and O–H groups in total. The first-order valence-electron chi connectivity index (χ1n) is 6.97. The minimum atomic E-state index is -3.22. The summed E-state index contributed by atoms with van der Waals surface area (Å²) in [5.41, 5.74) is 0.829. The molecule has 0 unspecified atom stereocenters. The van der Waals surface area contributed by atoms with Crippen LogP contribution in [0.3, 0.4) is 0 Å². The lowest BCUT2D eigenvalue weighted by molar-refractivity contribution is 0.171. The van der Waals surface area contributed by atoms with Crippen LogP contribution in [0.25, 0.3) is 0 Å². The number of benzene rings is 1. The van der Waals surface area contributed by atoms with Crippen LogP contribution in [-0.2, 0) is 15.8 Å². The van der Waals surface area contributed by atoms with Gasteiger partial charge in [0, 0.05) is 39.3 Å². The van der Waals surface area contributed by atoms with E-state index in [1.807, 2.05) is 30.3 Å². The first-order valence-corrected chi connectivity index (χ1v) is 8.58. The van der Waals surface area contributed by atoms with E-state index >= 15 is 0 Å². The lowest BCUT2D eigenvalue weighted by Crippen LogP contribution is -2.49. The minimum absolute atomic E-state index is 0.0739. The molecule has 1 heterocycles. The summed E-state index contributed by atoms with van der Waals surface area (Å²) in [7, 11) is -3.22. The molecule has 0 aromatic heterocycles. The third kappa shape index (κ3) is 4.28. The van der Waals surface area contributed by atoms with Crippen LogP contribution < -0.4 is 0 Å². The van der Waals surface area contributed by atoms with Gasteiger partial charge in [-0.05, 0) is 12.0 Å². The fourth-order valence-corrected chi connectivity index (χ4v) is 3.92. The van der Waals surface area contributed by atoms with Crippen molar-refractivity contribution in [1.82, 2.24) is 9.21 Å². The molecule has 112 valence electrons. The van der Waals surface area contributed by atoms with Crippen molar-refractivity contribution < 1.29 is 13.5 Å². The molecule has 0 radical (unpaired) electrons. The normalized spacial score (nSPS) is 18.2. The van der Waals surface area contributed by atoms with Crippen molar-refractivity contribution in [2.45, 2.75) is 12.2 Å². The van der Waals surface area contributed by atoms with E-state index in [1.54, 1.807) is 4.31 Å². The summed E-state index contributed by atoms with van der Waals surface area (Å²) in [5.74, 6) is 0.0739. The van der Waals surface area contributed by atoms with Gasteiger partial charge in [0.25, 0.3) is 0 Å². The molecule has 0 aliphatic carbocycles. The van der Waals surface area contributed by atoms with Crippen LogP contribution in [0.4, 0.5) is 0 Å². The van der Waals surface area contributed by atoms with Gasteiger partial charge in [-0.15, -0.1) is 0 Å². The standard InChI is InChI=1S/C14H22N2O3S/c17-12-4-7-15-8-10-16(11-9-15)20(18,19)13-14-5-2-1-3-6-14/h1-3,5-6,17H,4,7-13H2. The first-order chi connectivity index (χ1) is 9.62. The van der Waals surface area contributed by atoms with Crippen LogP contribution >= 0.6 is 0 Å². The minimum Gasteiger partial charge on any atom is -0.396 e. The van der Waals surface area contributed by atoms with Gasteiger partial charge in [0.1, 0.15) is 0 Å². The van der Waals surface area contributed by atoms with Gasteiger partial charge in [0.2, 0.25) is 10.0 Å². The fraction of sp³-hybridized carbons (Fsp3) is 0.571. The van der Waals surface area contributed by atoms with Crippen molar-refractivity contribution in [3.63, 3.8) is 0 Å². The van der Waals surface area contributed by atoms with Gasteiger partial charge in [-0.1, -0.05) is 30.3 Å². The number of aliphatic hydroxyl groups excluding tert-OH is 1. The molecular formula is C14H22N2O3S. The molecule has 2 rings (SSSR count). The Morgan fingerprint density at radius 3 is 2.30 bits per heavy atom. The third-order valence-corrected chi connectivity index (χ3v) is 5.40. The van der Waals surface area contributed by atoms with Gasteiger partial charge in [-0.25, -0.2) is 8.42 Å². The Hall–Kier alpha value is -0.950. The van der Waals surface area contributed by atoms with Gasteiger partial charge in [-0.2, -0.15) is 4.31 Å². The number of nitrogens with zero attached hydrogens (tertiary/aromatic N) is 2.